The van der Waals surface area contributed by atoms with E-state index < -0.39 is 0 Å². The van der Waals surface area contributed by atoms with E-state index in [1.165, 1.54) is 0 Å². The Morgan fingerprint density at radius 1 is 0.800 bits per heavy atom. The predicted molar refractivity (Wildman–Crippen MR) is 75.7 cm³/mol. The van der Waals surface area contributed by atoms with Crippen LogP contribution in [-0.2, 0) is 19.4 Å². The molecular formula is C16H18O4. The minimum absolute atomic E-state index is 0.0158. The van der Waals surface area contributed by atoms with Gasteiger partial charge < -0.3 is 20.4 Å². The lowest BCUT2D eigenvalue weighted by Gasteiger charge is -2.10. The van der Waals surface area contributed by atoms with E-state index in [1.54, 1.807) is 24.3 Å². The monoisotopic (exact) mass is 274 g/mol. The van der Waals surface area contributed by atoms with Crippen molar-refractivity contribution in [2.45, 2.75) is 19.4 Å². The van der Waals surface area contributed by atoms with Gasteiger partial charge in [0.25, 0.3) is 0 Å². The summed E-state index contributed by atoms with van der Waals surface area (Å²) in [6.07, 6.45) is 0.997. The second kappa shape index (κ2) is 6.41. The Kier molecular flexibility index (Phi) is 4.61. The maximum absolute atomic E-state index is 9.69. The zero-order valence-electron chi connectivity index (χ0n) is 11.1. The first-order valence-electron chi connectivity index (χ1n) is 6.47. The number of hydrogen-bond donors (Lipinski definition) is 4. The van der Waals surface area contributed by atoms with Crippen molar-refractivity contribution >= 4 is 0 Å². The summed E-state index contributed by atoms with van der Waals surface area (Å²) in [7, 11) is 0. The van der Waals surface area contributed by atoms with E-state index in [9.17, 15) is 15.3 Å². The van der Waals surface area contributed by atoms with Crippen LogP contribution in [0.4, 0.5) is 0 Å². The zero-order chi connectivity index (χ0) is 14.5. The van der Waals surface area contributed by atoms with Crippen LogP contribution in [-0.4, -0.2) is 27.0 Å². The van der Waals surface area contributed by atoms with E-state index in [0.717, 1.165) is 11.1 Å². The third-order valence-electron chi connectivity index (χ3n) is 3.28. The van der Waals surface area contributed by atoms with Crippen molar-refractivity contribution in [2.24, 2.45) is 0 Å². The van der Waals surface area contributed by atoms with Crippen molar-refractivity contribution < 1.29 is 20.4 Å². The number of phenols is 2. The van der Waals surface area contributed by atoms with Crippen molar-refractivity contribution in [3.8, 4) is 11.5 Å². The molecule has 0 unspecified atom stereocenters. The van der Waals surface area contributed by atoms with Gasteiger partial charge in [0.05, 0.1) is 6.61 Å². The molecule has 0 saturated carbocycles. The summed E-state index contributed by atoms with van der Waals surface area (Å²) < 4.78 is 0. The third-order valence-corrected chi connectivity index (χ3v) is 3.28. The molecule has 0 heterocycles. The standard InChI is InChI=1S/C16H18O4/c17-6-5-13-8-11(1-4-16(13)20)7-12-2-3-15(19)9-14(12)10-18/h1-4,8-9,17-20H,5-7,10H2. The second-order valence-corrected chi connectivity index (χ2v) is 4.72. The van der Waals surface area contributed by atoms with E-state index in [0.29, 0.717) is 24.0 Å². The predicted octanol–water partition coefficient (Wildman–Crippen LogP) is 1.72. The van der Waals surface area contributed by atoms with Crippen LogP contribution in [0, 0.1) is 0 Å². The summed E-state index contributed by atoms with van der Waals surface area (Å²) in [5.74, 6) is 0.306. The van der Waals surface area contributed by atoms with E-state index in [4.69, 9.17) is 5.11 Å². The molecule has 2 aromatic carbocycles. The van der Waals surface area contributed by atoms with Crippen LogP contribution in [0.2, 0.25) is 0 Å². The quantitative estimate of drug-likeness (QED) is 0.669. The largest absolute Gasteiger partial charge is 0.508 e. The number of hydrogen-bond acceptors (Lipinski definition) is 4. The molecule has 0 aliphatic rings. The lowest BCUT2D eigenvalue weighted by molar-refractivity contribution is 0.280. The number of benzene rings is 2. The highest BCUT2D eigenvalue weighted by molar-refractivity contribution is 5.41. The van der Waals surface area contributed by atoms with Crippen molar-refractivity contribution in [3.05, 3.63) is 58.7 Å². The summed E-state index contributed by atoms with van der Waals surface area (Å²) in [6, 6.07) is 10.2. The molecule has 106 valence electrons. The van der Waals surface area contributed by atoms with Crippen molar-refractivity contribution in [3.63, 3.8) is 0 Å². The topological polar surface area (TPSA) is 80.9 Å². The molecule has 4 nitrogen and oxygen atoms in total. The first-order chi connectivity index (χ1) is 9.63. The van der Waals surface area contributed by atoms with Gasteiger partial charge in [0.2, 0.25) is 0 Å². The Hall–Kier alpha value is -2.04. The van der Waals surface area contributed by atoms with Crippen molar-refractivity contribution in [2.75, 3.05) is 6.61 Å². The highest BCUT2D eigenvalue weighted by Gasteiger charge is 2.07. The van der Waals surface area contributed by atoms with Gasteiger partial charge in [-0.05, 0) is 53.3 Å². The van der Waals surface area contributed by atoms with E-state index in [1.807, 2.05) is 12.1 Å². The first kappa shape index (κ1) is 14.4. The van der Waals surface area contributed by atoms with Crippen LogP contribution in [0.25, 0.3) is 0 Å². The Labute approximate surface area is 117 Å². The van der Waals surface area contributed by atoms with Crippen LogP contribution in [0.1, 0.15) is 22.3 Å². The fourth-order valence-electron chi connectivity index (χ4n) is 2.22. The fraction of sp³-hybridized carbons (Fsp3) is 0.250. The zero-order valence-corrected chi connectivity index (χ0v) is 11.1. The minimum Gasteiger partial charge on any atom is -0.508 e. The third kappa shape index (κ3) is 3.29. The molecule has 0 radical (unpaired) electrons. The second-order valence-electron chi connectivity index (χ2n) is 4.72. The summed E-state index contributed by atoms with van der Waals surface area (Å²) >= 11 is 0. The van der Waals surface area contributed by atoms with Gasteiger partial charge >= 0.3 is 0 Å². The molecule has 0 atom stereocenters. The van der Waals surface area contributed by atoms with Crippen molar-refractivity contribution in [1.29, 1.82) is 0 Å². The van der Waals surface area contributed by atoms with Gasteiger partial charge in [-0.15, -0.1) is 0 Å². The van der Waals surface area contributed by atoms with E-state index in [2.05, 4.69) is 0 Å². The molecule has 0 bridgehead atoms. The molecular weight excluding hydrogens is 256 g/mol. The number of aliphatic hydroxyl groups excluding tert-OH is 2. The molecule has 2 aromatic rings. The summed E-state index contributed by atoms with van der Waals surface area (Å²) in [4.78, 5) is 0. The molecule has 0 fully saturated rings. The lowest BCUT2D eigenvalue weighted by atomic mass is 9.97. The smallest absolute Gasteiger partial charge is 0.118 e. The molecule has 0 saturated heterocycles. The van der Waals surface area contributed by atoms with Crippen LogP contribution >= 0.6 is 0 Å². The molecule has 2 rings (SSSR count). The Bertz CT molecular complexity index is 593. The first-order valence-corrected chi connectivity index (χ1v) is 6.47. The number of phenolic OH excluding ortho intramolecular Hbond substituents is 2. The molecule has 4 N–H and O–H groups in total. The van der Waals surface area contributed by atoms with Gasteiger partial charge in [0.15, 0.2) is 0 Å². The van der Waals surface area contributed by atoms with Crippen LogP contribution < -0.4 is 0 Å². The van der Waals surface area contributed by atoms with Crippen LogP contribution in [0.15, 0.2) is 36.4 Å². The number of rotatable bonds is 5. The normalized spacial score (nSPS) is 10.7. The van der Waals surface area contributed by atoms with Crippen LogP contribution in [0.3, 0.4) is 0 Å². The van der Waals surface area contributed by atoms with Gasteiger partial charge in [-0.2, -0.15) is 0 Å². The minimum atomic E-state index is -0.134. The number of aromatic hydroxyl groups is 2. The summed E-state index contributed by atoms with van der Waals surface area (Å²) in [5.41, 5.74) is 3.29. The highest BCUT2D eigenvalue weighted by Crippen LogP contribution is 2.23. The fourth-order valence-corrected chi connectivity index (χ4v) is 2.22. The average Bonchev–Trinajstić information content (AvgIpc) is 2.44. The van der Waals surface area contributed by atoms with Gasteiger partial charge in [-0.3, -0.25) is 0 Å². The maximum Gasteiger partial charge on any atom is 0.118 e. The SMILES string of the molecule is OCCc1cc(Cc2ccc(O)cc2CO)ccc1O. The highest BCUT2D eigenvalue weighted by atomic mass is 16.3. The van der Waals surface area contributed by atoms with Gasteiger partial charge in [-0.1, -0.05) is 18.2 Å². The molecule has 0 aliphatic heterocycles. The average molecular weight is 274 g/mol. The van der Waals surface area contributed by atoms with E-state index in [-0.39, 0.29) is 24.7 Å². The Morgan fingerprint density at radius 3 is 2.30 bits per heavy atom. The van der Waals surface area contributed by atoms with Crippen LogP contribution in [0.5, 0.6) is 11.5 Å². The summed E-state index contributed by atoms with van der Waals surface area (Å²) in [6.45, 7) is -0.149. The van der Waals surface area contributed by atoms with Gasteiger partial charge in [0, 0.05) is 6.61 Å². The molecule has 0 aliphatic carbocycles. The Balaban J connectivity index is 2.28. The van der Waals surface area contributed by atoms with Gasteiger partial charge in [0.1, 0.15) is 11.5 Å². The number of aliphatic hydroxyl groups is 2. The van der Waals surface area contributed by atoms with E-state index >= 15 is 0 Å². The molecule has 0 amide bonds. The molecule has 0 aromatic heterocycles. The Morgan fingerprint density at radius 2 is 1.60 bits per heavy atom. The van der Waals surface area contributed by atoms with Crippen molar-refractivity contribution in [1.82, 2.24) is 0 Å². The molecule has 4 heteroatoms. The molecule has 0 spiro atoms. The summed E-state index contributed by atoms with van der Waals surface area (Å²) in [5, 5.41) is 37.4. The maximum atomic E-state index is 9.69. The van der Waals surface area contributed by atoms with Gasteiger partial charge in [-0.25, -0.2) is 0 Å². The lowest BCUT2D eigenvalue weighted by Crippen LogP contribution is -1.98. The molecule has 20 heavy (non-hydrogen) atoms.